The molecule has 1 aliphatic rings. The van der Waals surface area contributed by atoms with Gasteiger partial charge in [0, 0.05) is 6.04 Å². The van der Waals surface area contributed by atoms with Crippen LogP contribution in [0.2, 0.25) is 0 Å². The molecular weight excluding hydrogens is 180 g/mol. The number of nitrogens with two attached hydrogens (primary N) is 1. The molecule has 1 fully saturated rings. The van der Waals surface area contributed by atoms with Gasteiger partial charge < -0.3 is 0 Å². The van der Waals surface area contributed by atoms with Gasteiger partial charge in [-0.3, -0.25) is 15.8 Å². The average Bonchev–Trinajstić information content (AvgIpc) is 2.03. The lowest BCUT2D eigenvalue weighted by Gasteiger charge is -2.26. The van der Waals surface area contributed by atoms with Crippen LogP contribution in [-0.4, -0.2) is 24.3 Å². The van der Waals surface area contributed by atoms with Crippen LogP contribution < -0.4 is 11.3 Å². The molecule has 12 heavy (non-hydrogen) atoms. The highest BCUT2D eigenvalue weighted by atomic mass is 32.2. The van der Waals surface area contributed by atoms with Crippen molar-refractivity contribution in [1.29, 1.82) is 0 Å². The molecule has 1 saturated carbocycles. The first-order valence-electron chi connectivity index (χ1n) is 3.96. The van der Waals surface area contributed by atoms with Crippen LogP contribution in [0.4, 0.5) is 0 Å². The van der Waals surface area contributed by atoms with Crippen molar-refractivity contribution in [2.24, 2.45) is 5.84 Å². The van der Waals surface area contributed by atoms with Crippen LogP contribution in [0, 0.1) is 0 Å². The number of hydrogen-bond acceptors (Lipinski definition) is 4. The lowest BCUT2D eigenvalue weighted by atomic mass is 9.96. The highest BCUT2D eigenvalue weighted by molar-refractivity contribution is 7.86. The van der Waals surface area contributed by atoms with Gasteiger partial charge in [-0.1, -0.05) is 6.42 Å². The van der Waals surface area contributed by atoms with E-state index in [9.17, 15) is 8.42 Å². The molecule has 2 atom stereocenters. The van der Waals surface area contributed by atoms with Gasteiger partial charge in [-0.05, 0) is 19.3 Å². The summed E-state index contributed by atoms with van der Waals surface area (Å²) in [6.45, 7) is 0. The van der Waals surface area contributed by atoms with E-state index in [0.29, 0.717) is 12.8 Å². The molecule has 0 spiro atoms. The smallest absolute Gasteiger partial charge is 0.267 e. The van der Waals surface area contributed by atoms with E-state index in [1.54, 1.807) is 0 Å². The van der Waals surface area contributed by atoms with Crippen LogP contribution in [0.25, 0.3) is 0 Å². The van der Waals surface area contributed by atoms with E-state index >= 15 is 0 Å². The monoisotopic (exact) mass is 194 g/mol. The fraction of sp³-hybridized carbons (Fsp3) is 1.00. The lowest BCUT2D eigenvalue weighted by Crippen LogP contribution is -2.42. The summed E-state index contributed by atoms with van der Waals surface area (Å²) in [6.07, 6.45) is 2.62. The van der Waals surface area contributed by atoms with Crippen molar-refractivity contribution in [3.05, 3.63) is 0 Å². The first-order chi connectivity index (χ1) is 5.54. The second-order valence-corrected chi connectivity index (χ2v) is 4.86. The van der Waals surface area contributed by atoms with Crippen molar-refractivity contribution in [2.75, 3.05) is 0 Å². The van der Waals surface area contributed by atoms with Crippen molar-refractivity contribution < 1.29 is 13.0 Å². The minimum Gasteiger partial charge on any atom is -0.285 e. The van der Waals surface area contributed by atoms with E-state index in [4.69, 9.17) is 10.4 Å². The molecule has 0 radical (unpaired) electrons. The maximum absolute atomic E-state index is 10.7. The Kier molecular flexibility index (Phi) is 3.05. The molecule has 0 aromatic carbocycles. The number of hydrogen-bond donors (Lipinski definition) is 3. The maximum atomic E-state index is 10.7. The van der Waals surface area contributed by atoms with E-state index in [2.05, 4.69) is 5.43 Å². The Hall–Kier alpha value is -0.170. The van der Waals surface area contributed by atoms with Crippen LogP contribution in [0.3, 0.4) is 0 Å². The molecule has 1 rings (SSSR count). The number of rotatable bonds is 2. The van der Waals surface area contributed by atoms with Gasteiger partial charge in [-0.25, -0.2) is 0 Å². The molecule has 0 saturated heterocycles. The fourth-order valence-corrected chi connectivity index (χ4v) is 2.51. The maximum Gasteiger partial charge on any atom is 0.267 e. The zero-order chi connectivity index (χ0) is 9.19. The Morgan fingerprint density at radius 2 is 2.08 bits per heavy atom. The summed E-state index contributed by atoms with van der Waals surface area (Å²) in [5.41, 5.74) is 2.53. The zero-order valence-corrected chi connectivity index (χ0v) is 7.55. The van der Waals surface area contributed by atoms with Crippen LogP contribution in [-0.2, 0) is 10.1 Å². The molecule has 0 aromatic rings. The van der Waals surface area contributed by atoms with Gasteiger partial charge in [0.2, 0.25) is 0 Å². The highest BCUT2D eigenvalue weighted by Gasteiger charge is 2.29. The standard InChI is InChI=1S/C6H14N2O3S/c7-8-5-2-1-3-6(4-5)12(9,10)11/h5-6,8H,1-4,7H2,(H,9,10,11). The van der Waals surface area contributed by atoms with Crippen molar-refractivity contribution in [3.63, 3.8) is 0 Å². The normalized spacial score (nSPS) is 31.8. The van der Waals surface area contributed by atoms with Gasteiger partial charge in [-0.2, -0.15) is 8.42 Å². The minimum atomic E-state index is -3.86. The molecule has 2 unspecified atom stereocenters. The van der Waals surface area contributed by atoms with E-state index < -0.39 is 15.4 Å². The summed E-state index contributed by atoms with van der Waals surface area (Å²) in [7, 11) is -3.86. The first kappa shape index (κ1) is 9.91. The summed E-state index contributed by atoms with van der Waals surface area (Å²) in [5.74, 6) is 5.18. The Morgan fingerprint density at radius 1 is 1.42 bits per heavy atom. The van der Waals surface area contributed by atoms with Crippen molar-refractivity contribution in [2.45, 2.75) is 37.0 Å². The molecule has 5 nitrogen and oxygen atoms in total. The van der Waals surface area contributed by atoms with Crippen LogP contribution in [0.1, 0.15) is 25.7 Å². The quantitative estimate of drug-likeness (QED) is 0.317. The minimum absolute atomic E-state index is 0.0191. The molecule has 0 aromatic heterocycles. The molecule has 0 bridgehead atoms. The third-order valence-electron chi connectivity index (χ3n) is 2.28. The van der Waals surface area contributed by atoms with Crippen molar-refractivity contribution >= 4 is 10.1 Å². The van der Waals surface area contributed by atoms with Gasteiger partial charge in [0.25, 0.3) is 10.1 Å². The van der Waals surface area contributed by atoms with Gasteiger partial charge in [0.05, 0.1) is 5.25 Å². The highest BCUT2D eigenvalue weighted by Crippen LogP contribution is 2.22. The predicted octanol–water partition coefficient (Wildman–Crippen LogP) is -0.351. The Balaban J connectivity index is 2.58. The van der Waals surface area contributed by atoms with Gasteiger partial charge in [0.15, 0.2) is 0 Å². The lowest BCUT2D eigenvalue weighted by molar-refractivity contribution is 0.359. The van der Waals surface area contributed by atoms with E-state index in [-0.39, 0.29) is 6.04 Å². The molecule has 72 valence electrons. The second-order valence-electron chi connectivity index (χ2n) is 3.17. The molecular formula is C6H14N2O3S. The molecule has 1 aliphatic carbocycles. The average molecular weight is 194 g/mol. The molecule has 0 amide bonds. The van der Waals surface area contributed by atoms with E-state index in [1.807, 2.05) is 0 Å². The summed E-state index contributed by atoms with van der Waals surface area (Å²) in [6, 6.07) is 0.0191. The Morgan fingerprint density at radius 3 is 2.58 bits per heavy atom. The molecule has 0 heterocycles. The largest absolute Gasteiger partial charge is 0.285 e. The van der Waals surface area contributed by atoms with Crippen molar-refractivity contribution in [3.8, 4) is 0 Å². The first-order valence-corrected chi connectivity index (χ1v) is 5.47. The number of hydrazine groups is 1. The summed E-state index contributed by atoms with van der Waals surface area (Å²) >= 11 is 0. The third-order valence-corrected chi connectivity index (χ3v) is 3.55. The van der Waals surface area contributed by atoms with Gasteiger partial charge in [0.1, 0.15) is 0 Å². The SMILES string of the molecule is NNC1CCCC(S(=O)(=O)O)C1. The van der Waals surface area contributed by atoms with Crippen LogP contribution in [0.5, 0.6) is 0 Å². The second kappa shape index (κ2) is 3.69. The molecule has 4 N–H and O–H groups in total. The Bertz CT molecular complexity index is 239. The van der Waals surface area contributed by atoms with E-state index in [1.165, 1.54) is 0 Å². The molecule has 6 heteroatoms. The summed E-state index contributed by atoms with van der Waals surface area (Å²) < 4.78 is 30.2. The summed E-state index contributed by atoms with van der Waals surface area (Å²) in [5, 5.41) is -0.632. The summed E-state index contributed by atoms with van der Waals surface area (Å²) in [4.78, 5) is 0. The Labute approximate surface area is 72.0 Å². The fourth-order valence-electron chi connectivity index (χ4n) is 1.57. The number of nitrogens with one attached hydrogen (secondary N) is 1. The van der Waals surface area contributed by atoms with E-state index in [0.717, 1.165) is 12.8 Å². The topological polar surface area (TPSA) is 92.4 Å². The predicted molar refractivity (Wildman–Crippen MR) is 44.9 cm³/mol. The van der Waals surface area contributed by atoms with Gasteiger partial charge >= 0.3 is 0 Å². The zero-order valence-electron chi connectivity index (χ0n) is 6.73. The third kappa shape index (κ3) is 2.41. The molecule has 0 aliphatic heterocycles. The van der Waals surface area contributed by atoms with Crippen LogP contribution in [0.15, 0.2) is 0 Å². The van der Waals surface area contributed by atoms with Crippen LogP contribution >= 0.6 is 0 Å². The van der Waals surface area contributed by atoms with Gasteiger partial charge in [-0.15, -0.1) is 0 Å². The van der Waals surface area contributed by atoms with Crippen molar-refractivity contribution in [1.82, 2.24) is 5.43 Å².